The average molecular weight is 224 g/mol. The van der Waals surface area contributed by atoms with Crippen molar-refractivity contribution in [3.05, 3.63) is 22.8 Å². The molecule has 0 atom stereocenters. The first kappa shape index (κ1) is 12.8. The van der Waals surface area contributed by atoms with E-state index in [1.54, 1.807) is 14.2 Å². The molecular formula is C13H20O3. The Morgan fingerprint density at radius 2 is 1.75 bits per heavy atom. The molecule has 0 saturated carbocycles. The second-order valence-electron chi connectivity index (χ2n) is 3.87. The van der Waals surface area contributed by atoms with Gasteiger partial charge >= 0.3 is 0 Å². The summed E-state index contributed by atoms with van der Waals surface area (Å²) < 4.78 is 10.8. The fourth-order valence-corrected chi connectivity index (χ4v) is 1.86. The lowest BCUT2D eigenvalue weighted by Gasteiger charge is -2.16. The number of hydrogen-bond donors (Lipinski definition) is 1. The standard InChI is InChI=1S/C13H20O3/c1-9-8-11(6-5-7-14)13(16-4)12(15-3)10(9)2/h8,14H,5-7H2,1-4H3. The van der Waals surface area contributed by atoms with Crippen LogP contribution in [0.2, 0.25) is 0 Å². The molecular weight excluding hydrogens is 204 g/mol. The van der Waals surface area contributed by atoms with Crippen molar-refractivity contribution in [1.29, 1.82) is 0 Å². The van der Waals surface area contributed by atoms with Crippen molar-refractivity contribution >= 4 is 0 Å². The van der Waals surface area contributed by atoms with Crippen molar-refractivity contribution in [3.8, 4) is 11.5 Å². The van der Waals surface area contributed by atoms with Gasteiger partial charge in [0.2, 0.25) is 0 Å². The van der Waals surface area contributed by atoms with Crippen molar-refractivity contribution in [2.24, 2.45) is 0 Å². The predicted octanol–water partition coefficient (Wildman–Crippen LogP) is 2.25. The molecule has 0 aliphatic rings. The van der Waals surface area contributed by atoms with Crippen LogP contribution in [-0.2, 0) is 6.42 Å². The van der Waals surface area contributed by atoms with E-state index >= 15 is 0 Å². The fourth-order valence-electron chi connectivity index (χ4n) is 1.86. The van der Waals surface area contributed by atoms with Crippen molar-refractivity contribution < 1.29 is 14.6 Å². The number of aryl methyl sites for hydroxylation is 2. The number of ether oxygens (including phenoxy) is 2. The van der Waals surface area contributed by atoms with Crippen LogP contribution in [0.15, 0.2) is 6.07 Å². The molecule has 0 heterocycles. The summed E-state index contributed by atoms with van der Waals surface area (Å²) in [6.07, 6.45) is 1.54. The Balaban J connectivity index is 3.20. The SMILES string of the molecule is COc1c(CCCO)cc(C)c(C)c1OC. The number of aliphatic hydroxyl groups excluding tert-OH is 1. The van der Waals surface area contributed by atoms with Crippen LogP contribution in [0.5, 0.6) is 11.5 Å². The molecule has 90 valence electrons. The molecule has 3 nitrogen and oxygen atoms in total. The van der Waals surface area contributed by atoms with Crippen LogP contribution < -0.4 is 9.47 Å². The van der Waals surface area contributed by atoms with Gasteiger partial charge in [-0.15, -0.1) is 0 Å². The zero-order chi connectivity index (χ0) is 12.1. The molecule has 0 spiro atoms. The minimum Gasteiger partial charge on any atom is -0.493 e. The summed E-state index contributed by atoms with van der Waals surface area (Å²) in [6, 6.07) is 2.10. The molecule has 0 radical (unpaired) electrons. The molecule has 1 aromatic rings. The van der Waals surface area contributed by atoms with E-state index in [9.17, 15) is 0 Å². The lowest BCUT2D eigenvalue weighted by molar-refractivity contribution is 0.287. The molecule has 0 saturated heterocycles. The molecule has 0 bridgehead atoms. The van der Waals surface area contributed by atoms with E-state index in [1.165, 1.54) is 5.56 Å². The molecule has 0 fully saturated rings. The van der Waals surface area contributed by atoms with E-state index < -0.39 is 0 Å². The van der Waals surface area contributed by atoms with E-state index in [-0.39, 0.29) is 6.61 Å². The first-order chi connectivity index (χ1) is 7.65. The summed E-state index contributed by atoms with van der Waals surface area (Å²) in [7, 11) is 3.30. The van der Waals surface area contributed by atoms with Gasteiger partial charge in [-0.1, -0.05) is 6.07 Å². The van der Waals surface area contributed by atoms with Crippen LogP contribution in [0, 0.1) is 13.8 Å². The highest BCUT2D eigenvalue weighted by molar-refractivity contribution is 5.54. The summed E-state index contributed by atoms with van der Waals surface area (Å²) in [6.45, 7) is 4.27. The Kier molecular flexibility index (Phi) is 4.62. The molecule has 16 heavy (non-hydrogen) atoms. The van der Waals surface area contributed by atoms with Gasteiger partial charge in [-0.25, -0.2) is 0 Å². The second kappa shape index (κ2) is 5.75. The van der Waals surface area contributed by atoms with Crippen LogP contribution in [0.3, 0.4) is 0 Å². The smallest absolute Gasteiger partial charge is 0.164 e. The highest BCUT2D eigenvalue weighted by Crippen LogP contribution is 2.36. The summed E-state index contributed by atoms with van der Waals surface area (Å²) in [5.41, 5.74) is 3.38. The van der Waals surface area contributed by atoms with E-state index in [0.717, 1.165) is 35.5 Å². The number of methoxy groups -OCH3 is 2. The molecule has 0 amide bonds. The number of hydrogen-bond acceptors (Lipinski definition) is 3. The zero-order valence-corrected chi connectivity index (χ0v) is 10.5. The van der Waals surface area contributed by atoms with Crippen LogP contribution in [0.4, 0.5) is 0 Å². The van der Waals surface area contributed by atoms with Crippen LogP contribution in [-0.4, -0.2) is 25.9 Å². The maximum absolute atomic E-state index is 8.87. The highest BCUT2D eigenvalue weighted by Gasteiger charge is 2.14. The summed E-state index contributed by atoms with van der Waals surface area (Å²) in [5, 5.41) is 8.87. The van der Waals surface area contributed by atoms with Crippen molar-refractivity contribution in [2.75, 3.05) is 20.8 Å². The molecule has 0 aliphatic carbocycles. The Morgan fingerprint density at radius 3 is 2.25 bits per heavy atom. The normalized spacial score (nSPS) is 10.3. The van der Waals surface area contributed by atoms with Crippen molar-refractivity contribution in [3.63, 3.8) is 0 Å². The van der Waals surface area contributed by atoms with Gasteiger partial charge < -0.3 is 14.6 Å². The molecule has 3 heteroatoms. The predicted molar refractivity (Wildman–Crippen MR) is 64.4 cm³/mol. The Hall–Kier alpha value is -1.22. The van der Waals surface area contributed by atoms with Gasteiger partial charge in [0.15, 0.2) is 11.5 Å². The Labute approximate surface area is 97.0 Å². The first-order valence-corrected chi connectivity index (χ1v) is 5.47. The lowest BCUT2D eigenvalue weighted by Crippen LogP contribution is -2.01. The van der Waals surface area contributed by atoms with Gasteiger partial charge in [0.1, 0.15) is 0 Å². The topological polar surface area (TPSA) is 38.7 Å². The maximum atomic E-state index is 8.87. The van der Waals surface area contributed by atoms with Gasteiger partial charge in [-0.2, -0.15) is 0 Å². The molecule has 0 unspecified atom stereocenters. The summed E-state index contributed by atoms with van der Waals surface area (Å²) >= 11 is 0. The van der Waals surface area contributed by atoms with Crippen LogP contribution >= 0.6 is 0 Å². The maximum Gasteiger partial charge on any atom is 0.164 e. The lowest BCUT2D eigenvalue weighted by atomic mass is 10.0. The molecule has 0 aliphatic heterocycles. The van der Waals surface area contributed by atoms with Gasteiger partial charge in [0.25, 0.3) is 0 Å². The van der Waals surface area contributed by atoms with E-state index in [1.807, 2.05) is 6.92 Å². The fraction of sp³-hybridized carbons (Fsp3) is 0.538. The van der Waals surface area contributed by atoms with E-state index in [2.05, 4.69) is 13.0 Å². The quantitative estimate of drug-likeness (QED) is 0.833. The second-order valence-corrected chi connectivity index (χ2v) is 3.87. The molecule has 0 aromatic heterocycles. The Bertz CT molecular complexity index is 359. The van der Waals surface area contributed by atoms with Gasteiger partial charge in [-0.05, 0) is 43.4 Å². The zero-order valence-electron chi connectivity index (χ0n) is 10.5. The first-order valence-electron chi connectivity index (χ1n) is 5.47. The van der Waals surface area contributed by atoms with E-state index in [4.69, 9.17) is 14.6 Å². The number of aliphatic hydroxyl groups is 1. The van der Waals surface area contributed by atoms with Crippen molar-refractivity contribution in [2.45, 2.75) is 26.7 Å². The van der Waals surface area contributed by atoms with E-state index in [0.29, 0.717) is 0 Å². The van der Waals surface area contributed by atoms with Gasteiger partial charge in [-0.3, -0.25) is 0 Å². The van der Waals surface area contributed by atoms with Crippen molar-refractivity contribution in [1.82, 2.24) is 0 Å². The Morgan fingerprint density at radius 1 is 1.12 bits per heavy atom. The summed E-state index contributed by atoms with van der Waals surface area (Å²) in [4.78, 5) is 0. The number of rotatable bonds is 5. The number of benzene rings is 1. The van der Waals surface area contributed by atoms with Gasteiger partial charge in [0.05, 0.1) is 14.2 Å². The third kappa shape index (κ3) is 2.47. The third-order valence-electron chi connectivity index (χ3n) is 2.83. The highest BCUT2D eigenvalue weighted by atomic mass is 16.5. The third-order valence-corrected chi connectivity index (χ3v) is 2.83. The monoisotopic (exact) mass is 224 g/mol. The van der Waals surface area contributed by atoms with Gasteiger partial charge in [0, 0.05) is 6.61 Å². The minimum atomic E-state index is 0.193. The van der Waals surface area contributed by atoms with Crippen LogP contribution in [0.1, 0.15) is 23.1 Å². The average Bonchev–Trinajstić information content (AvgIpc) is 2.29. The minimum absolute atomic E-state index is 0.193. The van der Waals surface area contributed by atoms with Crippen LogP contribution in [0.25, 0.3) is 0 Å². The molecule has 1 N–H and O–H groups in total. The molecule has 1 rings (SSSR count). The largest absolute Gasteiger partial charge is 0.493 e. The summed E-state index contributed by atoms with van der Waals surface area (Å²) in [5.74, 6) is 1.59. The molecule has 1 aromatic carbocycles.